The number of anilines is 1. The standard InChI is InChI=1S/C17H25N3O3.ClH/c1-2-3-15(18)17(22)20-13-6-4-12(5-7-13)16(21)19-14-8-10-23-11-9-14;/h4-7,14-15H,2-3,8-11,18H2,1H3,(H,19,21)(H,20,22);1H. The van der Waals surface area contributed by atoms with Crippen LogP contribution >= 0.6 is 12.4 Å². The van der Waals surface area contributed by atoms with E-state index in [0.29, 0.717) is 30.9 Å². The number of benzene rings is 1. The summed E-state index contributed by atoms with van der Waals surface area (Å²) in [5.74, 6) is -0.302. The third-order valence-electron chi connectivity index (χ3n) is 3.91. The molecule has 1 heterocycles. The van der Waals surface area contributed by atoms with Gasteiger partial charge in [-0.25, -0.2) is 0 Å². The van der Waals surface area contributed by atoms with Crippen molar-refractivity contribution in [2.45, 2.75) is 44.7 Å². The largest absolute Gasteiger partial charge is 0.381 e. The summed E-state index contributed by atoms with van der Waals surface area (Å²) in [5.41, 5.74) is 6.99. The Morgan fingerprint density at radius 3 is 2.46 bits per heavy atom. The van der Waals surface area contributed by atoms with E-state index in [4.69, 9.17) is 10.5 Å². The molecule has 1 aliphatic heterocycles. The number of hydrogen-bond acceptors (Lipinski definition) is 4. The fraction of sp³-hybridized carbons (Fsp3) is 0.529. The summed E-state index contributed by atoms with van der Waals surface area (Å²) < 4.78 is 5.27. The van der Waals surface area contributed by atoms with Gasteiger partial charge in [0.05, 0.1) is 6.04 Å². The van der Waals surface area contributed by atoms with E-state index in [9.17, 15) is 9.59 Å². The number of amides is 2. The number of nitrogens with one attached hydrogen (secondary N) is 2. The van der Waals surface area contributed by atoms with Crippen molar-refractivity contribution < 1.29 is 14.3 Å². The summed E-state index contributed by atoms with van der Waals surface area (Å²) in [4.78, 5) is 24.0. The molecule has 0 aromatic heterocycles. The number of carbonyl (C=O) groups is 2. The lowest BCUT2D eigenvalue weighted by Crippen LogP contribution is -2.38. The van der Waals surface area contributed by atoms with Crippen LogP contribution in [0.25, 0.3) is 0 Å². The smallest absolute Gasteiger partial charge is 0.251 e. The van der Waals surface area contributed by atoms with E-state index in [1.807, 2.05) is 6.92 Å². The molecule has 0 saturated carbocycles. The summed E-state index contributed by atoms with van der Waals surface area (Å²) in [6.07, 6.45) is 3.20. The average molecular weight is 356 g/mol. The van der Waals surface area contributed by atoms with E-state index in [0.717, 1.165) is 19.3 Å². The van der Waals surface area contributed by atoms with Crippen LogP contribution in [0.15, 0.2) is 24.3 Å². The molecule has 1 aromatic rings. The van der Waals surface area contributed by atoms with Crippen LogP contribution in [0.1, 0.15) is 43.0 Å². The number of hydrogen-bond donors (Lipinski definition) is 3. The minimum absolute atomic E-state index is 0. The number of ether oxygens (including phenoxy) is 1. The molecule has 7 heteroatoms. The van der Waals surface area contributed by atoms with Gasteiger partial charge in [-0.05, 0) is 43.5 Å². The van der Waals surface area contributed by atoms with Gasteiger partial charge in [-0.1, -0.05) is 13.3 Å². The van der Waals surface area contributed by atoms with Crippen LogP contribution in [0.3, 0.4) is 0 Å². The van der Waals surface area contributed by atoms with Gasteiger partial charge in [-0.2, -0.15) is 0 Å². The maximum absolute atomic E-state index is 12.2. The molecular weight excluding hydrogens is 330 g/mol. The number of nitrogens with two attached hydrogens (primary N) is 1. The first-order chi connectivity index (χ1) is 11.1. The number of halogens is 1. The molecule has 2 rings (SSSR count). The lowest BCUT2D eigenvalue weighted by molar-refractivity contribution is -0.117. The van der Waals surface area contributed by atoms with Crippen LogP contribution in [-0.4, -0.2) is 37.1 Å². The second-order valence-corrected chi connectivity index (χ2v) is 5.82. The Morgan fingerprint density at radius 2 is 1.88 bits per heavy atom. The summed E-state index contributed by atoms with van der Waals surface area (Å²) >= 11 is 0. The molecule has 1 fully saturated rings. The minimum Gasteiger partial charge on any atom is -0.381 e. The molecule has 1 saturated heterocycles. The van der Waals surface area contributed by atoms with Crippen molar-refractivity contribution in [3.8, 4) is 0 Å². The summed E-state index contributed by atoms with van der Waals surface area (Å²) in [6.45, 7) is 3.36. The van der Waals surface area contributed by atoms with Gasteiger partial charge in [0, 0.05) is 30.5 Å². The molecule has 4 N–H and O–H groups in total. The maximum atomic E-state index is 12.2. The highest BCUT2D eigenvalue weighted by Crippen LogP contribution is 2.12. The molecular formula is C17H26ClN3O3. The number of rotatable bonds is 6. The predicted molar refractivity (Wildman–Crippen MR) is 96.5 cm³/mol. The molecule has 0 radical (unpaired) electrons. The van der Waals surface area contributed by atoms with E-state index in [1.165, 1.54) is 0 Å². The van der Waals surface area contributed by atoms with Crippen molar-refractivity contribution in [3.63, 3.8) is 0 Å². The van der Waals surface area contributed by atoms with Crippen molar-refractivity contribution in [3.05, 3.63) is 29.8 Å². The molecule has 2 amide bonds. The van der Waals surface area contributed by atoms with Crippen LogP contribution in [0.5, 0.6) is 0 Å². The first kappa shape index (κ1) is 20.4. The second-order valence-electron chi connectivity index (χ2n) is 5.82. The molecule has 1 atom stereocenters. The van der Waals surface area contributed by atoms with Gasteiger partial charge in [0.2, 0.25) is 5.91 Å². The lowest BCUT2D eigenvalue weighted by Gasteiger charge is -2.23. The third-order valence-corrected chi connectivity index (χ3v) is 3.91. The molecule has 24 heavy (non-hydrogen) atoms. The van der Waals surface area contributed by atoms with E-state index in [2.05, 4.69) is 10.6 Å². The van der Waals surface area contributed by atoms with Gasteiger partial charge >= 0.3 is 0 Å². The van der Waals surface area contributed by atoms with Crippen LogP contribution in [0.2, 0.25) is 0 Å². The Kier molecular flexibility index (Phi) is 8.74. The molecule has 6 nitrogen and oxygen atoms in total. The molecule has 0 bridgehead atoms. The molecule has 0 spiro atoms. The lowest BCUT2D eigenvalue weighted by atomic mass is 10.1. The van der Waals surface area contributed by atoms with Crippen LogP contribution in [-0.2, 0) is 9.53 Å². The SMILES string of the molecule is CCCC(N)C(=O)Nc1ccc(C(=O)NC2CCOCC2)cc1.Cl. The summed E-state index contributed by atoms with van der Waals surface area (Å²) in [5, 5.41) is 5.77. The third kappa shape index (κ3) is 6.11. The molecule has 1 aromatic carbocycles. The highest BCUT2D eigenvalue weighted by Gasteiger charge is 2.17. The fourth-order valence-electron chi connectivity index (χ4n) is 2.49. The zero-order valence-corrected chi connectivity index (χ0v) is 14.7. The zero-order valence-electron chi connectivity index (χ0n) is 13.9. The molecule has 0 aliphatic carbocycles. The zero-order chi connectivity index (χ0) is 16.7. The Labute approximate surface area is 148 Å². The van der Waals surface area contributed by atoms with Crippen molar-refractivity contribution in [2.75, 3.05) is 18.5 Å². The highest BCUT2D eigenvalue weighted by atomic mass is 35.5. The van der Waals surface area contributed by atoms with Crippen molar-refractivity contribution in [1.82, 2.24) is 5.32 Å². The monoisotopic (exact) mass is 355 g/mol. The van der Waals surface area contributed by atoms with Gasteiger partial charge in [0.25, 0.3) is 5.91 Å². The van der Waals surface area contributed by atoms with Gasteiger partial charge in [0.1, 0.15) is 0 Å². The predicted octanol–water partition coefficient (Wildman–Crippen LogP) is 2.08. The van der Waals surface area contributed by atoms with E-state index >= 15 is 0 Å². The van der Waals surface area contributed by atoms with Gasteiger partial charge in [0.15, 0.2) is 0 Å². The van der Waals surface area contributed by atoms with E-state index in [-0.39, 0.29) is 30.3 Å². The quantitative estimate of drug-likeness (QED) is 0.728. The Hall–Kier alpha value is -1.63. The Bertz CT molecular complexity index is 530. The summed E-state index contributed by atoms with van der Waals surface area (Å²) in [6, 6.07) is 6.51. The van der Waals surface area contributed by atoms with Crippen LogP contribution < -0.4 is 16.4 Å². The highest BCUT2D eigenvalue weighted by molar-refractivity contribution is 5.97. The van der Waals surface area contributed by atoms with E-state index in [1.54, 1.807) is 24.3 Å². The Morgan fingerprint density at radius 1 is 1.25 bits per heavy atom. The van der Waals surface area contributed by atoms with Gasteiger partial charge in [-0.15, -0.1) is 12.4 Å². The molecule has 134 valence electrons. The maximum Gasteiger partial charge on any atom is 0.251 e. The fourth-order valence-corrected chi connectivity index (χ4v) is 2.49. The van der Waals surface area contributed by atoms with Crippen LogP contribution in [0, 0.1) is 0 Å². The van der Waals surface area contributed by atoms with Crippen molar-refractivity contribution >= 4 is 29.9 Å². The van der Waals surface area contributed by atoms with E-state index < -0.39 is 6.04 Å². The number of carbonyl (C=O) groups excluding carboxylic acids is 2. The molecule has 1 aliphatic rings. The van der Waals surface area contributed by atoms with Gasteiger partial charge < -0.3 is 21.1 Å². The molecule has 1 unspecified atom stereocenters. The topological polar surface area (TPSA) is 93.5 Å². The van der Waals surface area contributed by atoms with Crippen LogP contribution in [0.4, 0.5) is 5.69 Å². The Balaban J connectivity index is 0.00000288. The minimum atomic E-state index is -0.503. The van der Waals surface area contributed by atoms with Crippen molar-refractivity contribution in [2.24, 2.45) is 5.73 Å². The first-order valence-electron chi connectivity index (χ1n) is 8.15. The van der Waals surface area contributed by atoms with Crippen molar-refractivity contribution in [1.29, 1.82) is 0 Å². The average Bonchev–Trinajstić information content (AvgIpc) is 2.56. The summed E-state index contributed by atoms with van der Waals surface area (Å²) in [7, 11) is 0. The normalized spacial score (nSPS) is 15.9. The second kappa shape index (κ2) is 10.3. The first-order valence-corrected chi connectivity index (χ1v) is 8.15. The van der Waals surface area contributed by atoms with Gasteiger partial charge in [-0.3, -0.25) is 9.59 Å².